The lowest BCUT2D eigenvalue weighted by molar-refractivity contribution is -0.147. The maximum atomic E-state index is 14.3. The van der Waals surface area contributed by atoms with Crippen LogP contribution in [0.1, 0.15) is 67.5 Å². The SMILES string of the molecule is C=C1N2CC12c1cc2c(cc1O)CN(C(=O)[C@@H](NC(=O)COC)C(C)(C)C)[C@H](C(=O)N[C@@H]1CCCc3ccccc31)C2. The van der Waals surface area contributed by atoms with Crippen LogP contribution in [0.2, 0.25) is 0 Å². The number of nitrogens with zero attached hydrogens (tertiary/aromatic N) is 2. The minimum atomic E-state index is -0.881. The van der Waals surface area contributed by atoms with E-state index in [9.17, 15) is 19.5 Å². The molecule has 3 N–H and O–H groups in total. The summed E-state index contributed by atoms with van der Waals surface area (Å²) in [6.45, 7) is 10.6. The topological polar surface area (TPSA) is 111 Å². The second kappa shape index (κ2) is 10.2. The van der Waals surface area contributed by atoms with E-state index >= 15 is 0 Å². The monoisotopic (exact) mass is 572 g/mol. The predicted octanol–water partition coefficient (Wildman–Crippen LogP) is 3.05. The summed E-state index contributed by atoms with van der Waals surface area (Å²) in [5.74, 6) is -0.788. The zero-order chi connectivity index (χ0) is 30.0. The fourth-order valence-electron chi connectivity index (χ4n) is 6.81. The van der Waals surface area contributed by atoms with Crippen molar-refractivity contribution in [2.24, 2.45) is 5.41 Å². The molecule has 3 heterocycles. The van der Waals surface area contributed by atoms with E-state index in [2.05, 4.69) is 34.2 Å². The third-order valence-electron chi connectivity index (χ3n) is 9.36. The molecule has 3 aliphatic heterocycles. The van der Waals surface area contributed by atoms with Gasteiger partial charge in [-0.05, 0) is 59.1 Å². The summed E-state index contributed by atoms with van der Waals surface area (Å²) in [4.78, 5) is 44.7. The molecule has 6 rings (SSSR count). The Labute approximate surface area is 246 Å². The number of nitrogens with one attached hydrogen (secondary N) is 2. The molecular formula is C33H40N4O5. The highest BCUT2D eigenvalue weighted by Gasteiger charge is 2.74. The molecule has 4 aliphatic rings. The molecule has 2 aromatic carbocycles. The number of carbonyl (C=O) groups excluding carboxylic acids is 3. The first kappa shape index (κ1) is 28.3. The standard InChI is InChI=1S/C33H40N4O5/c1-19-33(18-37(19)33)24-13-21-14-26(30(40)34-25-12-8-10-20-9-6-7-11-23(20)25)36(16-22(21)15-27(24)38)31(41)29(32(2,3)4)35-28(39)17-42-5/h6-7,9,11,13,15,25-26,29,38H,1,8,10,12,14,16-18H2,2-5H3,(H,34,40)(H,35,39)/t25-,26+,29-,33?,37?/m1/s1. The van der Waals surface area contributed by atoms with Gasteiger partial charge in [-0.15, -0.1) is 0 Å². The Hall–Kier alpha value is -3.85. The van der Waals surface area contributed by atoms with Crippen LogP contribution in [0.3, 0.4) is 0 Å². The fourth-order valence-corrected chi connectivity index (χ4v) is 6.81. The summed E-state index contributed by atoms with van der Waals surface area (Å²) in [7, 11) is 1.43. The molecule has 2 fully saturated rings. The van der Waals surface area contributed by atoms with Gasteiger partial charge in [0.1, 0.15) is 30.0 Å². The Morgan fingerprint density at radius 2 is 1.90 bits per heavy atom. The van der Waals surface area contributed by atoms with Gasteiger partial charge in [0.15, 0.2) is 0 Å². The Bertz CT molecular complexity index is 1480. The summed E-state index contributed by atoms with van der Waals surface area (Å²) in [5, 5.41) is 17.1. The molecule has 0 bridgehead atoms. The number of carbonyl (C=O) groups is 3. The number of phenols is 1. The number of rotatable bonds is 7. The van der Waals surface area contributed by atoms with Crippen LogP contribution in [0.25, 0.3) is 0 Å². The second-order valence-corrected chi connectivity index (χ2v) is 13.2. The lowest BCUT2D eigenvalue weighted by Gasteiger charge is -2.41. The van der Waals surface area contributed by atoms with E-state index in [0.717, 1.165) is 53.8 Å². The summed E-state index contributed by atoms with van der Waals surface area (Å²) in [5.41, 5.74) is 4.99. The largest absolute Gasteiger partial charge is 0.508 e. The van der Waals surface area contributed by atoms with Crippen LogP contribution >= 0.6 is 0 Å². The molecule has 1 unspecified atom stereocenters. The van der Waals surface area contributed by atoms with E-state index in [0.29, 0.717) is 6.42 Å². The van der Waals surface area contributed by atoms with Crippen LogP contribution in [0.5, 0.6) is 5.75 Å². The quantitative estimate of drug-likeness (QED) is 0.440. The molecule has 2 aromatic rings. The number of methoxy groups -OCH3 is 1. The minimum absolute atomic E-state index is 0.135. The van der Waals surface area contributed by atoms with Gasteiger partial charge in [0.2, 0.25) is 17.7 Å². The smallest absolute Gasteiger partial charge is 0.246 e. The third kappa shape index (κ3) is 4.73. The van der Waals surface area contributed by atoms with Crippen LogP contribution in [-0.2, 0) is 44.0 Å². The number of fused-ring (bicyclic) bond motifs is 3. The van der Waals surface area contributed by atoms with Crippen molar-refractivity contribution in [1.82, 2.24) is 20.4 Å². The molecule has 222 valence electrons. The highest BCUT2D eigenvalue weighted by Crippen LogP contribution is 2.68. The van der Waals surface area contributed by atoms with E-state index in [1.165, 1.54) is 12.7 Å². The van der Waals surface area contributed by atoms with Crippen molar-refractivity contribution < 1.29 is 24.2 Å². The normalized spacial score (nSPS) is 24.6. The Kier molecular flexibility index (Phi) is 6.84. The number of hydrogen-bond acceptors (Lipinski definition) is 6. The van der Waals surface area contributed by atoms with Gasteiger partial charge in [0.05, 0.1) is 12.6 Å². The van der Waals surface area contributed by atoms with E-state index in [1.54, 1.807) is 11.0 Å². The highest BCUT2D eigenvalue weighted by atomic mass is 16.5. The Morgan fingerprint density at radius 1 is 1.17 bits per heavy atom. The average Bonchev–Trinajstić information content (AvgIpc) is 3.84. The predicted molar refractivity (Wildman–Crippen MR) is 157 cm³/mol. The zero-order valence-corrected chi connectivity index (χ0v) is 24.8. The molecule has 0 spiro atoms. The Balaban J connectivity index is 1.34. The number of aromatic hydroxyl groups is 1. The van der Waals surface area contributed by atoms with Gasteiger partial charge >= 0.3 is 0 Å². The van der Waals surface area contributed by atoms with Crippen molar-refractivity contribution in [3.05, 3.63) is 76.5 Å². The van der Waals surface area contributed by atoms with Crippen molar-refractivity contribution in [1.29, 1.82) is 0 Å². The molecular weight excluding hydrogens is 532 g/mol. The summed E-state index contributed by atoms with van der Waals surface area (Å²) < 4.78 is 4.99. The van der Waals surface area contributed by atoms with E-state index in [4.69, 9.17) is 4.74 Å². The van der Waals surface area contributed by atoms with Gasteiger partial charge in [0.25, 0.3) is 0 Å². The number of hydrogen-bond donors (Lipinski definition) is 3. The molecule has 1 aliphatic carbocycles. The maximum absolute atomic E-state index is 14.3. The number of ether oxygens (including phenoxy) is 1. The zero-order valence-electron chi connectivity index (χ0n) is 24.8. The lowest BCUT2D eigenvalue weighted by Crippen LogP contribution is -2.61. The maximum Gasteiger partial charge on any atom is 0.246 e. The van der Waals surface area contributed by atoms with E-state index in [-0.39, 0.29) is 42.3 Å². The van der Waals surface area contributed by atoms with Crippen LogP contribution in [0.15, 0.2) is 48.7 Å². The first-order valence-electron chi connectivity index (χ1n) is 14.7. The Morgan fingerprint density at radius 3 is 2.57 bits per heavy atom. The first-order chi connectivity index (χ1) is 20.0. The molecule has 42 heavy (non-hydrogen) atoms. The third-order valence-corrected chi connectivity index (χ3v) is 9.36. The first-order valence-corrected chi connectivity index (χ1v) is 14.7. The number of phenolic OH excluding ortho intramolecular Hbond substituents is 1. The summed E-state index contributed by atoms with van der Waals surface area (Å²) in [6, 6.07) is 10.1. The van der Waals surface area contributed by atoms with Crippen LogP contribution in [0.4, 0.5) is 0 Å². The highest BCUT2D eigenvalue weighted by molar-refractivity contribution is 5.93. The van der Waals surface area contributed by atoms with Crippen molar-refractivity contribution in [3.63, 3.8) is 0 Å². The minimum Gasteiger partial charge on any atom is -0.508 e. The van der Waals surface area contributed by atoms with Gasteiger partial charge < -0.3 is 30.3 Å². The van der Waals surface area contributed by atoms with Gasteiger partial charge in [-0.2, -0.15) is 0 Å². The lowest BCUT2D eigenvalue weighted by atomic mass is 9.83. The van der Waals surface area contributed by atoms with Crippen LogP contribution < -0.4 is 10.6 Å². The van der Waals surface area contributed by atoms with Crippen molar-refractivity contribution in [2.75, 3.05) is 20.3 Å². The molecule has 0 aromatic heterocycles. The van der Waals surface area contributed by atoms with Crippen LogP contribution in [0, 0.1) is 5.41 Å². The molecule has 2 saturated heterocycles. The number of amides is 3. The van der Waals surface area contributed by atoms with Gasteiger partial charge in [-0.3, -0.25) is 14.4 Å². The second-order valence-electron chi connectivity index (χ2n) is 13.2. The summed E-state index contributed by atoms with van der Waals surface area (Å²) >= 11 is 0. The molecule has 9 nitrogen and oxygen atoms in total. The van der Waals surface area contributed by atoms with Gasteiger partial charge in [-0.1, -0.05) is 51.6 Å². The van der Waals surface area contributed by atoms with Crippen LogP contribution in [-0.4, -0.2) is 65.0 Å². The van der Waals surface area contributed by atoms with Gasteiger partial charge in [-0.25, -0.2) is 0 Å². The number of aryl methyl sites for hydroxylation is 1. The molecule has 4 atom stereocenters. The van der Waals surface area contributed by atoms with Gasteiger partial charge in [0, 0.05) is 31.3 Å². The van der Waals surface area contributed by atoms with E-state index in [1.807, 2.05) is 39.0 Å². The molecule has 0 saturated carbocycles. The summed E-state index contributed by atoms with van der Waals surface area (Å²) in [6.07, 6.45) is 3.09. The average molecular weight is 573 g/mol. The van der Waals surface area contributed by atoms with Crippen molar-refractivity contribution in [2.45, 2.75) is 76.7 Å². The molecule has 0 radical (unpaired) electrons. The molecule has 9 heteroatoms. The van der Waals surface area contributed by atoms with Crippen molar-refractivity contribution in [3.8, 4) is 5.75 Å². The number of benzene rings is 2. The fraction of sp³-hybridized carbons (Fsp3) is 0.485. The van der Waals surface area contributed by atoms with Crippen molar-refractivity contribution >= 4 is 17.7 Å². The van der Waals surface area contributed by atoms with E-state index < -0.39 is 23.4 Å². The molecule has 3 amide bonds.